The van der Waals surface area contributed by atoms with Crippen molar-refractivity contribution in [3.8, 4) is 0 Å². The van der Waals surface area contributed by atoms with Gasteiger partial charge in [0.25, 0.3) is 5.91 Å². The van der Waals surface area contributed by atoms with E-state index in [1.54, 1.807) is 24.5 Å². The predicted octanol–water partition coefficient (Wildman–Crippen LogP) is 2.20. The molecule has 1 aromatic carbocycles. The number of hydrogen-bond acceptors (Lipinski definition) is 4. The maximum atomic E-state index is 12.5. The molecule has 2 aromatic rings. The fraction of sp³-hybridized carbons (Fsp3) is 0.400. The molecule has 0 saturated carbocycles. The smallest absolute Gasteiger partial charge is 0.254 e. The van der Waals surface area contributed by atoms with Gasteiger partial charge in [0.15, 0.2) is 0 Å². The maximum Gasteiger partial charge on any atom is 0.254 e. The van der Waals surface area contributed by atoms with Crippen molar-refractivity contribution in [2.75, 3.05) is 26.7 Å². The molecule has 0 aliphatic carbocycles. The standard InChI is InChI=1S/C20H23N3O2/c1-22(12-16-5-3-2-4-6-16)18-11-20(25-13-18)14-23(15-20)19(24)17-7-9-21-10-8-17/h2-10,18H,11-15H2,1H3. The maximum absolute atomic E-state index is 12.5. The van der Waals surface area contributed by atoms with Crippen LogP contribution >= 0.6 is 0 Å². The minimum atomic E-state index is -0.154. The van der Waals surface area contributed by atoms with Crippen molar-refractivity contribution in [2.24, 2.45) is 0 Å². The van der Waals surface area contributed by atoms with Crippen LogP contribution in [0.15, 0.2) is 54.9 Å². The van der Waals surface area contributed by atoms with Crippen LogP contribution in [0.1, 0.15) is 22.3 Å². The number of aromatic nitrogens is 1. The summed E-state index contributed by atoms with van der Waals surface area (Å²) in [5.41, 5.74) is 1.85. The van der Waals surface area contributed by atoms with Crippen LogP contribution in [0.4, 0.5) is 0 Å². The summed E-state index contributed by atoms with van der Waals surface area (Å²) < 4.78 is 6.12. The van der Waals surface area contributed by atoms with Gasteiger partial charge in [-0.15, -0.1) is 0 Å². The molecule has 1 aromatic heterocycles. The van der Waals surface area contributed by atoms with Crippen LogP contribution in [-0.4, -0.2) is 59.1 Å². The van der Waals surface area contributed by atoms with E-state index in [0.717, 1.165) is 19.6 Å². The molecule has 0 N–H and O–H groups in total. The van der Waals surface area contributed by atoms with Crippen LogP contribution in [0.5, 0.6) is 0 Å². The Bertz CT molecular complexity index is 729. The van der Waals surface area contributed by atoms with Crippen molar-refractivity contribution in [3.63, 3.8) is 0 Å². The number of likely N-dealkylation sites (N-methyl/N-ethyl adjacent to an activating group) is 1. The van der Waals surface area contributed by atoms with Gasteiger partial charge >= 0.3 is 0 Å². The molecule has 0 bridgehead atoms. The van der Waals surface area contributed by atoms with Crippen LogP contribution in [0.2, 0.25) is 0 Å². The molecule has 1 unspecified atom stereocenters. The van der Waals surface area contributed by atoms with E-state index in [1.165, 1.54) is 5.56 Å². The van der Waals surface area contributed by atoms with Gasteiger partial charge in [-0.3, -0.25) is 14.7 Å². The molecule has 0 radical (unpaired) electrons. The fourth-order valence-electron chi connectivity index (χ4n) is 3.79. The van der Waals surface area contributed by atoms with E-state index in [1.807, 2.05) is 11.0 Å². The van der Waals surface area contributed by atoms with Gasteiger partial charge in [0.2, 0.25) is 0 Å². The van der Waals surface area contributed by atoms with E-state index in [9.17, 15) is 4.79 Å². The van der Waals surface area contributed by atoms with Crippen molar-refractivity contribution in [3.05, 3.63) is 66.0 Å². The van der Waals surface area contributed by atoms with Crippen LogP contribution in [-0.2, 0) is 11.3 Å². The molecule has 1 amide bonds. The summed E-state index contributed by atoms with van der Waals surface area (Å²) >= 11 is 0. The van der Waals surface area contributed by atoms with Crippen LogP contribution in [0.25, 0.3) is 0 Å². The molecule has 2 fully saturated rings. The average Bonchev–Trinajstić information content (AvgIpc) is 3.07. The van der Waals surface area contributed by atoms with Crippen molar-refractivity contribution >= 4 is 5.91 Å². The topological polar surface area (TPSA) is 45.7 Å². The minimum absolute atomic E-state index is 0.0673. The SMILES string of the molecule is CN(Cc1ccccc1)C1COC2(C1)CN(C(=O)c1ccncc1)C2. The predicted molar refractivity (Wildman–Crippen MR) is 95.1 cm³/mol. The Kier molecular flexibility index (Phi) is 4.27. The molecule has 3 heterocycles. The van der Waals surface area contributed by atoms with Gasteiger partial charge in [0.1, 0.15) is 5.60 Å². The lowest BCUT2D eigenvalue weighted by Crippen LogP contribution is -2.63. The molecule has 2 aliphatic rings. The van der Waals surface area contributed by atoms with E-state index in [-0.39, 0.29) is 11.5 Å². The number of carbonyl (C=O) groups is 1. The summed E-state index contributed by atoms with van der Waals surface area (Å²) in [6.45, 7) is 3.03. The van der Waals surface area contributed by atoms with Crippen molar-refractivity contribution in [2.45, 2.75) is 24.6 Å². The number of hydrogen-bond donors (Lipinski definition) is 0. The number of pyridine rings is 1. The lowest BCUT2D eigenvalue weighted by Gasteiger charge is -2.47. The summed E-state index contributed by atoms with van der Waals surface area (Å²) in [6.07, 6.45) is 4.29. The fourth-order valence-corrected chi connectivity index (χ4v) is 3.79. The third kappa shape index (κ3) is 3.30. The molecule has 4 rings (SSSR count). The van der Waals surface area contributed by atoms with Crippen LogP contribution in [0.3, 0.4) is 0 Å². The van der Waals surface area contributed by atoms with Gasteiger partial charge in [0.05, 0.1) is 19.7 Å². The molecule has 5 nitrogen and oxygen atoms in total. The van der Waals surface area contributed by atoms with Crippen LogP contribution < -0.4 is 0 Å². The third-order valence-electron chi connectivity index (χ3n) is 5.26. The van der Waals surface area contributed by atoms with Gasteiger partial charge in [0, 0.05) is 30.5 Å². The van der Waals surface area contributed by atoms with E-state index in [2.05, 4.69) is 41.2 Å². The zero-order valence-electron chi connectivity index (χ0n) is 14.5. The second-order valence-corrected chi connectivity index (χ2v) is 7.15. The first kappa shape index (κ1) is 16.2. The number of ether oxygens (including phenoxy) is 1. The number of carbonyl (C=O) groups excluding carboxylic acids is 1. The lowest BCUT2D eigenvalue weighted by molar-refractivity contribution is -0.0950. The highest BCUT2D eigenvalue weighted by molar-refractivity contribution is 5.94. The molecule has 1 spiro atoms. The van der Waals surface area contributed by atoms with Crippen molar-refractivity contribution in [1.29, 1.82) is 0 Å². The second-order valence-electron chi connectivity index (χ2n) is 7.15. The quantitative estimate of drug-likeness (QED) is 0.858. The number of amides is 1. The molecule has 130 valence electrons. The Morgan fingerprint density at radius 3 is 2.68 bits per heavy atom. The minimum Gasteiger partial charge on any atom is -0.370 e. The van der Waals surface area contributed by atoms with E-state index >= 15 is 0 Å². The first-order valence-electron chi connectivity index (χ1n) is 8.73. The molecular formula is C20H23N3O2. The van der Waals surface area contributed by atoms with Gasteiger partial charge < -0.3 is 9.64 Å². The average molecular weight is 337 g/mol. The lowest BCUT2D eigenvalue weighted by atomic mass is 9.88. The van der Waals surface area contributed by atoms with Crippen LogP contribution in [0, 0.1) is 0 Å². The first-order valence-corrected chi connectivity index (χ1v) is 8.73. The van der Waals surface area contributed by atoms with E-state index < -0.39 is 0 Å². The monoisotopic (exact) mass is 337 g/mol. The molecule has 2 aliphatic heterocycles. The Morgan fingerprint density at radius 1 is 1.24 bits per heavy atom. The highest BCUT2D eigenvalue weighted by Crippen LogP contribution is 2.37. The molecule has 25 heavy (non-hydrogen) atoms. The van der Waals surface area contributed by atoms with Crippen molar-refractivity contribution < 1.29 is 9.53 Å². The van der Waals surface area contributed by atoms with Gasteiger partial charge in [-0.05, 0) is 31.2 Å². The summed E-state index contributed by atoms with van der Waals surface area (Å²) in [7, 11) is 2.15. The Labute approximate surface area is 148 Å². The molecule has 1 atom stereocenters. The molecule has 2 saturated heterocycles. The molecular weight excluding hydrogens is 314 g/mol. The summed E-state index contributed by atoms with van der Waals surface area (Å²) in [5, 5.41) is 0. The van der Waals surface area contributed by atoms with Gasteiger partial charge in [-0.25, -0.2) is 0 Å². The van der Waals surface area contributed by atoms with Crippen molar-refractivity contribution in [1.82, 2.24) is 14.8 Å². The second kappa shape index (κ2) is 6.58. The van der Waals surface area contributed by atoms with Gasteiger partial charge in [-0.1, -0.05) is 30.3 Å². The highest BCUT2D eigenvalue weighted by Gasteiger charge is 2.51. The summed E-state index contributed by atoms with van der Waals surface area (Å²) in [4.78, 5) is 20.6. The normalized spacial score (nSPS) is 21.5. The zero-order chi connectivity index (χ0) is 17.3. The Hall–Kier alpha value is -2.24. The Morgan fingerprint density at radius 2 is 1.96 bits per heavy atom. The number of benzene rings is 1. The largest absolute Gasteiger partial charge is 0.370 e. The highest BCUT2D eigenvalue weighted by atomic mass is 16.5. The summed E-state index contributed by atoms with van der Waals surface area (Å²) in [5.74, 6) is 0.0673. The third-order valence-corrected chi connectivity index (χ3v) is 5.26. The van der Waals surface area contributed by atoms with E-state index in [0.29, 0.717) is 24.7 Å². The van der Waals surface area contributed by atoms with E-state index in [4.69, 9.17) is 4.74 Å². The first-order chi connectivity index (χ1) is 12.2. The summed E-state index contributed by atoms with van der Waals surface area (Å²) in [6, 6.07) is 14.4. The number of likely N-dealkylation sites (tertiary alicyclic amines) is 1. The number of rotatable bonds is 4. The molecule has 5 heteroatoms. The zero-order valence-corrected chi connectivity index (χ0v) is 14.5. The Balaban J connectivity index is 1.32. The number of nitrogens with zero attached hydrogens (tertiary/aromatic N) is 3. The van der Waals surface area contributed by atoms with Gasteiger partial charge in [-0.2, -0.15) is 0 Å².